The third-order valence-corrected chi connectivity index (χ3v) is 11.7. The van der Waals surface area contributed by atoms with Crippen LogP contribution in [-0.4, -0.2) is 15.0 Å². The molecule has 4 nitrogen and oxygen atoms in total. The lowest BCUT2D eigenvalue weighted by Crippen LogP contribution is -2.15. The van der Waals surface area contributed by atoms with Gasteiger partial charge < -0.3 is 4.42 Å². The van der Waals surface area contributed by atoms with Crippen LogP contribution in [0.1, 0.15) is 25.0 Å². The molecule has 0 amide bonds. The summed E-state index contributed by atoms with van der Waals surface area (Å²) in [6.45, 7) is 4.60. The molecule has 1 aliphatic carbocycles. The molecular weight excluding hydrogens is 707 g/mol. The molecule has 0 unspecified atom stereocenters. The van der Waals surface area contributed by atoms with Crippen molar-refractivity contribution < 1.29 is 4.42 Å². The largest absolute Gasteiger partial charge is 0.456 e. The van der Waals surface area contributed by atoms with Crippen LogP contribution in [0.25, 0.3) is 101 Å². The fourth-order valence-electron chi connectivity index (χ4n) is 8.77. The van der Waals surface area contributed by atoms with Gasteiger partial charge in [-0.3, -0.25) is 0 Å². The Labute approximate surface area is 337 Å². The van der Waals surface area contributed by atoms with Crippen molar-refractivity contribution in [3.63, 3.8) is 0 Å². The summed E-state index contributed by atoms with van der Waals surface area (Å²) in [5.41, 5.74) is 16.4. The first-order valence-electron chi connectivity index (χ1n) is 19.8. The minimum Gasteiger partial charge on any atom is -0.456 e. The SMILES string of the molecule is CC1(C)c2ccccc2-c2ccc(-c3nc(-c4ccccc4)nc(-c4cccc(-c5cccc(-c6ccc7c(c6)oc6cccc(-c8ccccc8)c67)c5)c4)n3)cc21. The van der Waals surface area contributed by atoms with Crippen LogP contribution in [0.15, 0.2) is 192 Å². The molecule has 11 rings (SSSR count). The molecule has 4 heteroatoms. The van der Waals surface area contributed by atoms with Gasteiger partial charge in [-0.25, -0.2) is 15.0 Å². The van der Waals surface area contributed by atoms with Crippen molar-refractivity contribution in [1.82, 2.24) is 15.0 Å². The molecule has 0 saturated carbocycles. The van der Waals surface area contributed by atoms with E-state index in [4.69, 9.17) is 19.4 Å². The highest BCUT2D eigenvalue weighted by Gasteiger charge is 2.35. The summed E-state index contributed by atoms with van der Waals surface area (Å²) >= 11 is 0. The molecule has 1 aliphatic rings. The van der Waals surface area contributed by atoms with E-state index in [1.807, 2.05) is 24.3 Å². The highest BCUT2D eigenvalue weighted by atomic mass is 16.3. The van der Waals surface area contributed by atoms with Gasteiger partial charge in [0.2, 0.25) is 0 Å². The molecule has 2 heterocycles. The van der Waals surface area contributed by atoms with Gasteiger partial charge in [-0.05, 0) is 92.0 Å². The topological polar surface area (TPSA) is 51.8 Å². The molecule has 2 aromatic heterocycles. The van der Waals surface area contributed by atoms with Gasteiger partial charge in [-0.15, -0.1) is 0 Å². The molecule has 58 heavy (non-hydrogen) atoms. The second kappa shape index (κ2) is 13.4. The first-order valence-corrected chi connectivity index (χ1v) is 19.8. The van der Waals surface area contributed by atoms with Crippen molar-refractivity contribution in [2.75, 3.05) is 0 Å². The zero-order chi connectivity index (χ0) is 38.8. The van der Waals surface area contributed by atoms with E-state index in [9.17, 15) is 0 Å². The van der Waals surface area contributed by atoms with Crippen molar-refractivity contribution in [2.24, 2.45) is 0 Å². The lowest BCUT2D eigenvalue weighted by molar-refractivity contribution is 0.660. The quantitative estimate of drug-likeness (QED) is 0.170. The average Bonchev–Trinajstić information content (AvgIpc) is 3.78. The molecule has 0 bridgehead atoms. The normalized spacial score (nSPS) is 12.8. The van der Waals surface area contributed by atoms with Crippen molar-refractivity contribution in [3.8, 4) is 78.7 Å². The van der Waals surface area contributed by atoms with Crippen LogP contribution in [0.2, 0.25) is 0 Å². The second-order valence-corrected chi connectivity index (χ2v) is 15.6. The van der Waals surface area contributed by atoms with Gasteiger partial charge in [0.25, 0.3) is 0 Å². The molecule has 8 aromatic carbocycles. The van der Waals surface area contributed by atoms with Gasteiger partial charge in [-0.1, -0.05) is 166 Å². The van der Waals surface area contributed by atoms with Gasteiger partial charge in [-0.2, -0.15) is 0 Å². The lowest BCUT2D eigenvalue weighted by Gasteiger charge is -2.21. The predicted octanol–water partition coefficient (Wildman–Crippen LogP) is 14.1. The van der Waals surface area contributed by atoms with Crippen LogP contribution in [0.4, 0.5) is 0 Å². The number of benzene rings is 8. The van der Waals surface area contributed by atoms with Crippen LogP contribution in [-0.2, 0) is 5.41 Å². The van der Waals surface area contributed by atoms with E-state index in [1.165, 1.54) is 33.4 Å². The number of hydrogen-bond acceptors (Lipinski definition) is 4. The number of aromatic nitrogens is 3. The summed E-state index contributed by atoms with van der Waals surface area (Å²) in [4.78, 5) is 15.3. The van der Waals surface area contributed by atoms with E-state index in [0.29, 0.717) is 17.5 Å². The third-order valence-electron chi connectivity index (χ3n) is 11.7. The summed E-state index contributed by atoms with van der Waals surface area (Å²) < 4.78 is 6.47. The number of furan rings is 1. The summed E-state index contributed by atoms with van der Waals surface area (Å²) in [6, 6.07) is 66.1. The molecule has 0 spiro atoms. The Morgan fingerprint density at radius 3 is 1.57 bits per heavy atom. The molecule has 0 atom stereocenters. The van der Waals surface area contributed by atoms with Crippen LogP contribution < -0.4 is 0 Å². The van der Waals surface area contributed by atoms with E-state index in [1.54, 1.807) is 0 Å². The maximum Gasteiger partial charge on any atom is 0.164 e. The average molecular weight is 744 g/mol. The second-order valence-electron chi connectivity index (χ2n) is 15.6. The van der Waals surface area contributed by atoms with Crippen LogP contribution >= 0.6 is 0 Å². The summed E-state index contributed by atoms with van der Waals surface area (Å²) in [6.07, 6.45) is 0. The number of nitrogens with zero attached hydrogens (tertiary/aromatic N) is 3. The molecule has 0 N–H and O–H groups in total. The van der Waals surface area contributed by atoms with E-state index < -0.39 is 0 Å². The Kier molecular flexibility index (Phi) is 7.80. The Hall–Kier alpha value is -7.43. The molecule has 0 saturated heterocycles. The number of fused-ring (bicyclic) bond motifs is 6. The van der Waals surface area contributed by atoms with Gasteiger partial charge in [0, 0.05) is 32.9 Å². The Bertz CT molecular complexity index is 3200. The standard InChI is InChI=1S/C54H37N3O/c1-54(2)46-24-10-9-22-43(46)44-28-27-41(32-47(44)54)53-56-51(35-16-7-4-8-17-35)55-52(57-53)40-21-12-20-38(31-40)36-18-11-19-37(30-36)39-26-29-45-49(33-39)58-48-25-13-23-42(50(45)48)34-14-5-3-6-15-34/h3-33H,1-2H3. The summed E-state index contributed by atoms with van der Waals surface area (Å²) in [7, 11) is 0. The third kappa shape index (κ3) is 5.64. The van der Waals surface area contributed by atoms with Crippen molar-refractivity contribution in [1.29, 1.82) is 0 Å². The monoisotopic (exact) mass is 743 g/mol. The van der Waals surface area contributed by atoms with E-state index in [-0.39, 0.29) is 5.41 Å². The van der Waals surface area contributed by atoms with Gasteiger partial charge in [0.05, 0.1) is 0 Å². The van der Waals surface area contributed by atoms with Crippen LogP contribution in [0, 0.1) is 0 Å². The van der Waals surface area contributed by atoms with Gasteiger partial charge in [0.15, 0.2) is 17.5 Å². The molecule has 0 radical (unpaired) electrons. The first kappa shape index (κ1) is 33.9. The van der Waals surface area contributed by atoms with Crippen molar-refractivity contribution in [3.05, 3.63) is 199 Å². The molecule has 274 valence electrons. The summed E-state index contributed by atoms with van der Waals surface area (Å²) in [5, 5.41) is 2.26. The highest BCUT2D eigenvalue weighted by Crippen LogP contribution is 2.49. The molecule has 10 aromatic rings. The van der Waals surface area contributed by atoms with Crippen molar-refractivity contribution >= 4 is 21.9 Å². The minimum atomic E-state index is -0.132. The highest BCUT2D eigenvalue weighted by molar-refractivity contribution is 6.13. The fourth-order valence-corrected chi connectivity index (χ4v) is 8.77. The summed E-state index contributed by atoms with van der Waals surface area (Å²) in [5.74, 6) is 1.94. The maximum atomic E-state index is 6.47. The lowest BCUT2D eigenvalue weighted by atomic mass is 9.82. The van der Waals surface area contributed by atoms with Gasteiger partial charge >= 0.3 is 0 Å². The number of rotatable bonds is 6. The first-order chi connectivity index (χ1) is 28.5. The Morgan fingerprint density at radius 1 is 0.345 bits per heavy atom. The minimum absolute atomic E-state index is 0.132. The van der Waals surface area contributed by atoms with Crippen molar-refractivity contribution in [2.45, 2.75) is 19.3 Å². The maximum absolute atomic E-state index is 6.47. The van der Waals surface area contributed by atoms with E-state index in [2.05, 4.69) is 178 Å². The smallest absolute Gasteiger partial charge is 0.164 e. The number of hydrogen-bond donors (Lipinski definition) is 0. The Morgan fingerprint density at radius 2 is 0.845 bits per heavy atom. The molecular formula is C54H37N3O. The Balaban J connectivity index is 0.971. The zero-order valence-electron chi connectivity index (χ0n) is 32.1. The zero-order valence-corrected chi connectivity index (χ0v) is 32.1. The predicted molar refractivity (Wildman–Crippen MR) is 237 cm³/mol. The fraction of sp³-hybridized carbons (Fsp3) is 0.0556. The van der Waals surface area contributed by atoms with E-state index >= 15 is 0 Å². The molecule has 0 fully saturated rings. The van der Waals surface area contributed by atoms with Gasteiger partial charge in [0.1, 0.15) is 11.2 Å². The van der Waals surface area contributed by atoms with Crippen LogP contribution in [0.5, 0.6) is 0 Å². The van der Waals surface area contributed by atoms with E-state index in [0.717, 1.165) is 60.9 Å². The van der Waals surface area contributed by atoms with Crippen LogP contribution in [0.3, 0.4) is 0 Å². The molecule has 0 aliphatic heterocycles.